The number of aryl methyl sites for hydroxylation is 2. The molecule has 1 aliphatic carbocycles. The van der Waals surface area contributed by atoms with Crippen LogP contribution in [0.5, 0.6) is 11.8 Å². The van der Waals surface area contributed by atoms with Gasteiger partial charge in [0.05, 0.1) is 41.3 Å². The summed E-state index contributed by atoms with van der Waals surface area (Å²) >= 11 is 0. The fourth-order valence-corrected chi connectivity index (χ4v) is 12.6. The number of pyridine rings is 1. The summed E-state index contributed by atoms with van der Waals surface area (Å²) in [4.78, 5) is 46.3. The number of phenols is 1. The van der Waals surface area contributed by atoms with Crippen molar-refractivity contribution in [1.29, 1.82) is 0 Å². The molecule has 0 radical (unpaired) electrons. The third kappa shape index (κ3) is 8.22. The second-order valence-electron chi connectivity index (χ2n) is 21.2. The van der Waals surface area contributed by atoms with Gasteiger partial charge in [0.1, 0.15) is 28.6 Å². The van der Waals surface area contributed by atoms with Crippen molar-refractivity contribution in [3.8, 4) is 23.0 Å². The van der Waals surface area contributed by atoms with Crippen LogP contribution in [0, 0.1) is 17.0 Å². The van der Waals surface area contributed by atoms with E-state index in [0.29, 0.717) is 77.5 Å². The first kappa shape index (κ1) is 45.3. The molecule has 2 unspecified atom stereocenters. The van der Waals surface area contributed by atoms with Gasteiger partial charge in [-0.2, -0.15) is 15.1 Å². The van der Waals surface area contributed by atoms with Gasteiger partial charge < -0.3 is 29.3 Å². The average Bonchev–Trinajstić information content (AvgIpc) is 4.05. The van der Waals surface area contributed by atoms with Gasteiger partial charge in [-0.15, -0.1) is 0 Å². The first-order valence-electron chi connectivity index (χ1n) is 25.5. The number of hydrogen-bond donors (Lipinski definition) is 2. The van der Waals surface area contributed by atoms with Crippen molar-refractivity contribution in [3.05, 3.63) is 77.1 Å². The van der Waals surface area contributed by atoms with Crippen LogP contribution in [0.15, 0.2) is 48.7 Å². The molecule has 366 valence electrons. The minimum Gasteiger partial charge on any atom is -0.508 e. The number of aromatic nitrogens is 5. The van der Waals surface area contributed by atoms with Gasteiger partial charge in [0.15, 0.2) is 5.82 Å². The highest BCUT2D eigenvalue weighted by molar-refractivity contribution is 6.03. The van der Waals surface area contributed by atoms with Gasteiger partial charge in [-0.3, -0.25) is 24.6 Å². The Balaban J connectivity index is 0.716. The molecule has 5 saturated heterocycles. The fourth-order valence-electron chi connectivity index (χ4n) is 12.6. The Morgan fingerprint density at radius 2 is 1.74 bits per heavy atom. The molecular weight excluding hydrogens is 893 g/mol. The number of carbonyl (C=O) groups excluding carboxylic acids is 2. The van der Waals surface area contributed by atoms with E-state index >= 15 is 8.78 Å². The van der Waals surface area contributed by atoms with Crippen molar-refractivity contribution in [2.45, 2.75) is 107 Å². The van der Waals surface area contributed by atoms with Gasteiger partial charge in [0.2, 0.25) is 11.8 Å². The van der Waals surface area contributed by atoms with Crippen LogP contribution in [-0.2, 0) is 27.8 Å². The zero-order valence-corrected chi connectivity index (χ0v) is 40.1. The van der Waals surface area contributed by atoms with Crippen molar-refractivity contribution in [2.24, 2.45) is 12.5 Å². The molecule has 5 aliphatic heterocycles. The number of ether oxygens (including phenoxy) is 2. The van der Waals surface area contributed by atoms with Gasteiger partial charge >= 0.3 is 6.01 Å². The third-order valence-corrected chi connectivity index (χ3v) is 16.8. The molecule has 16 heteroatoms. The maximum atomic E-state index is 17.2. The van der Waals surface area contributed by atoms with Gasteiger partial charge in [-0.25, -0.2) is 8.78 Å². The molecule has 8 heterocycles. The Kier molecular flexibility index (Phi) is 11.5. The molecule has 6 fully saturated rings. The molecule has 3 aromatic carbocycles. The number of rotatable bonds is 11. The normalized spacial score (nSPS) is 23.7. The largest absolute Gasteiger partial charge is 0.508 e. The number of anilines is 1. The van der Waals surface area contributed by atoms with E-state index in [4.69, 9.17) is 24.5 Å². The summed E-state index contributed by atoms with van der Waals surface area (Å²) in [5.74, 6) is -0.968. The molecule has 2 N–H and O–H groups in total. The lowest BCUT2D eigenvalue weighted by molar-refractivity contribution is -0.151. The van der Waals surface area contributed by atoms with Crippen molar-refractivity contribution in [1.82, 2.24) is 39.8 Å². The Hall–Kier alpha value is -5.84. The number of amides is 2. The van der Waals surface area contributed by atoms with Crippen LogP contribution in [0.3, 0.4) is 0 Å². The van der Waals surface area contributed by atoms with Crippen LogP contribution >= 0.6 is 0 Å². The van der Waals surface area contributed by atoms with E-state index in [1.165, 1.54) is 17.7 Å². The molecule has 0 bridgehead atoms. The Morgan fingerprint density at radius 3 is 2.49 bits per heavy atom. The van der Waals surface area contributed by atoms with E-state index in [1.54, 1.807) is 18.3 Å². The summed E-state index contributed by atoms with van der Waals surface area (Å²) in [6, 6.07) is 13.3. The highest BCUT2D eigenvalue weighted by Gasteiger charge is 2.46. The summed E-state index contributed by atoms with van der Waals surface area (Å²) in [5, 5.41) is 20.6. The first-order chi connectivity index (χ1) is 34.0. The Bertz CT molecular complexity index is 3050. The average molecular weight is 954 g/mol. The quantitative estimate of drug-likeness (QED) is 0.121. The summed E-state index contributed by atoms with van der Waals surface area (Å²) < 4.78 is 47.0. The molecule has 1 saturated carbocycles. The summed E-state index contributed by atoms with van der Waals surface area (Å²) in [5.41, 5.74) is 3.64. The topological polar surface area (TPSA) is 151 Å². The van der Waals surface area contributed by atoms with Crippen molar-refractivity contribution in [3.63, 3.8) is 0 Å². The molecule has 2 amide bonds. The first-order valence-corrected chi connectivity index (χ1v) is 25.5. The second-order valence-corrected chi connectivity index (χ2v) is 21.2. The number of halogens is 2. The molecule has 12 rings (SSSR count). The summed E-state index contributed by atoms with van der Waals surface area (Å²) in [6.45, 7) is 9.50. The van der Waals surface area contributed by atoms with Crippen LogP contribution in [0.1, 0.15) is 106 Å². The lowest BCUT2D eigenvalue weighted by Crippen LogP contribution is -2.56. The minimum atomic E-state index is -0.669. The molecule has 6 aliphatic rings. The van der Waals surface area contributed by atoms with Crippen LogP contribution in [0.2, 0.25) is 0 Å². The molecule has 2 atom stereocenters. The van der Waals surface area contributed by atoms with Crippen LogP contribution in [0.25, 0.3) is 43.8 Å². The van der Waals surface area contributed by atoms with Gasteiger partial charge in [0, 0.05) is 68.1 Å². The number of fused-ring (bicyclic) bond motifs is 3. The fraction of sp³-hybridized carbons (Fsp3) is 0.519. The number of nitrogens with one attached hydrogen (secondary N) is 1. The van der Waals surface area contributed by atoms with E-state index in [-0.39, 0.29) is 45.8 Å². The molecular formula is C54H61F2N9O5. The standard InChI is InChI=1S/C54H61F2N9O5/c1-3-37-42(55)9-6-34-25-36(66)27-40(45(34)37)48-46(56)49-41(28-57-48)50(65-19-4-15-54(30-65)18-24-70-54)60-52(59-49)69-31-53(16-17-53)29-63-20-13-35(14-21-63)64-22-11-32(12-23-64)33-5-7-38-43(26-33)62(2)61-47(38)39-8-10-44(67)58-51(39)68/h5-7,9,25-28,32,35,39,66H,3-4,8,10-24,29-31H2,1-2H3,(H,58,67,68). The van der Waals surface area contributed by atoms with E-state index in [0.717, 1.165) is 120 Å². The smallest absolute Gasteiger partial charge is 0.319 e. The van der Waals surface area contributed by atoms with Gasteiger partial charge in [-0.05, 0) is 142 Å². The zero-order valence-electron chi connectivity index (χ0n) is 40.1. The summed E-state index contributed by atoms with van der Waals surface area (Å²) in [6.07, 6.45) is 12.2. The van der Waals surface area contributed by atoms with Crippen molar-refractivity contribution >= 4 is 50.2 Å². The van der Waals surface area contributed by atoms with Crippen LogP contribution in [0.4, 0.5) is 14.6 Å². The maximum absolute atomic E-state index is 17.2. The van der Waals surface area contributed by atoms with Crippen molar-refractivity contribution in [2.75, 3.05) is 63.9 Å². The number of imide groups is 1. The van der Waals surface area contributed by atoms with E-state index < -0.39 is 17.6 Å². The maximum Gasteiger partial charge on any atom is 0.319 e. The predicted octanol–water partition coefficient (Wildman–Crippen LogP) is 8.06. The van der Waals surface area contributed by atoms with Gasteiger partial charge in [0.25, 0.3) is 0 Å². The summed E-state index contributed by atoms with van der Waals surface area (Å²) in [7, 11) is 1.93. The highest BCUT2D eigenvalue weighted by atomic mass is 19.1. The lowest BCUT2D eigenvalue weighted by Gasteiger charge is -2.48. The molecule has 3 aromatic heterocycles. The molecule has 1 spiro atoms. The highest BCUT2D eigenvalue weighted by Crippen LogP contribution is 2.48. The molecule has 14 nitrogen and oxygen atoms in total. The van der Waals surface area contributed by atoms with Crippen molar-refractivity contribution < 1.29 is 33.0 Å². The predicted molar refractivity (Wildman–Crippen MR) is 262 cm³/mol. The third-order valence-electron chi connectivity index (χ3n) is 16.8. The zero-order chi connectivity index (χ0) is 47.9. The molecule has 6 aromatic rings. The van der Waals surface area contributed by atoms with Gasteiger partial charge in [-0.1, -0.05) is 25.1 Å². The number of hydrogen-bond acceptors (Lipinski definition) is 12. The Labute approximate surface area is 405 Å². The Morgan fingerprint density at radius 1 is 0.929 bits per heavy atom. The number of carbonyl (C=O) groups is 2. The number of piperidine rings is 4. The van der Waals surface area contributed by atoms with Crippen LogP contribution in [-0.4, -0.2) is 122 Å². The number of phenolic OH excluding ortho intramolecular Hbond substituents is 1. The van der Waals surface area contributed by atoms with E-state index in [1.807, 2.05) is 18.7 Å². The lowest BCUT2D eigenvalue weighted by atomic mass is 9.86. The second kappa shape index (κ2) is 17.8. The van der Waals surface area contributed by atoms with E-state index in [9.17, 15) is 14.7 Å². The SMILES string of the molecule is CCc1c(F)ccc2cc(O)cc(-c3ncc4c(N5CCCC6(CCO6)C5)nc(OCC5(CN6CCC(N7CCC(c8ccc9c(C%10CCC(=O)NC%10=O)nn(C)c9c8)CC7)CC6)CC5)nc4c3F)c12. The number of likely N-dealkylation sites (tertiary alicyclic amines) is 2. The van der Waals surface area contributed by atoms with E-state index in [2.05, 4.69) is 43.2 Å². The number of aromatic hydroxyl groups is 1. The molecule has 70 heavy (non-hydrogen) atoms. The minimum absolute atomic E-state index is 0.0146. The number of benzene rings is 3. The monoisotopic (exact) mass is 953 g/mol. The van der Waals surface area contributed by atoms with Crippen LogP contribution < -0.4 is 15.0 Å². The number of nitrogens with zero attached hydrogens (tertiary/aromatic N) is 8.